The Kier molecular flexibility index (Phi) is 5.27. The number of carbonyl (C=O) groups excluding carboxylic acids is 3. The van der Waals surface area contributed by atoms with Crippen molar-refractivity contribution < 1.29 is 19.1 Å². The molecule has 1 atom stereocenters. The van der Waals surface area contributed by atoms with Gasteiger partial charge in [-0.25, -0.2) is 0 Å². The Bertz CT molecular complexity index is 568. The highest BCUT2D eigenvalue weighted by molar-refractivity contribution is 5.96. The number of nitrogens with zero attached hydrogens (tertiary/aromatic N) is 1. The molecule has 118 valence electrons. The maximum atomic E-state index is 12.1. The van der Waals surface area contributed by atoms with Crippen molar-refractivity contribution >= 4 is 23.3 Å². The summed E-state index contributed by atoms with van der Waals surface area (Å²) in [6, 6.07) is 6.13. The Balaban J connectivity index is 1.96. The van der Waals surface area contributed by atoms with Crippen LogP contribution in [-0.2, 0) is 14.3 Å². The number of anilines is 1. The molecule has 0 saturated carbocycles. The van der Waals surface area contributed by atoms with Crippen LogP contribution in [0.25, 0.3) is 0 Å². The Morgan fingerprint density at radius 1 is 1.32 bits per heavy atom. The maximum absolute atomic E-state index is 12.1. The number of carbonyl (C=O) groups is 3. The fraction of sp³-hybridized carbons (Fsp3) is 0.438. The van der Waals surface area contributed by atoms with Gasteiger partial charge in [-0.15, -0.1) is 0 Å². The molecule has 1 saturated heterocycles. The third kappa shape index (κ3) is 3.92. The minimum atomic E-state index is -0.532. The first-order valence-corrected chi connectivity index (χ1v) is 7.32. The van der Waals surface area contributed by atoms with Crippen LogP contribution in [0.1, 0.15) is 30.6 Å². The summed E-state index contributed by atoms with van der Waals surface area (Å²) in [4.78, 5) is 37.0. The second kappa shape index (κ2) is 7.17. The predicted octanol–water partition coefficient (Wildman–Crippen LogP) is 1.47. The topological polar surface area (TPSA) is 75.7 Å². The average Bonchev–Trinajstić information content (AvgIpc) is 2.49. The fourth-order valence-corrected chi connectivity index (χ4v) is 2.43. The summed E-state index contributed by atoms with van der Waals surface area (Å²) >= 11 is 0. The summed E-state index contributed by atoms with van der Waals surface area (Å²) in [5.41, 5.74) is 1.19. The normalized spacial score (nSPS) is 18.6. The number of rotatable bonds is 5. The molecule has 1 unspecified atom stereocenters. The molecule has 0 spiro atoms. The SMILES string of the molecule is CCN1CCOC(=O)C1CC(=O)Nc1ccc(C(C)=O)cc1. The van der Waals surface area contributed by atoms with Crippen LogP contribution in [0, 0.1) is 0 Å². The van der Waals surface area contributed by atoms with Crippen molar-refractivity contribution in [3.8, 4) is 0 Å². The van der Waals surface area contributed by atoms with E-state index in [2.05, 4.69) is 5.32 Å². The Morgan fingerprint density at radius 2 is 2.00 bits per heavy atom. The summed E-state index contributed by atoms with van der Waals surface area (Å²) in [7, 11) is 0. The molecule has 1 aromatic carbocycles. The van der Waals surface area contributed by atoms with E-state index in [4.69, 9.17) is 4.74 Å². The monoisotopic (exact) mass is 304 g/mol. The Labute approximate surface area is 129 Å². The van der Waals surface area contributed by atoms with E-state index in [1.54, 1.807) is 24.3 Å². The molecule has 1 amide bonds. The zero-order valence-electron chi connectivity index (χ0n) is 12.8. The lowest BCUT2D eigenvalue weighted by atomic mass is 10.1. The number of benzene rings is 1. The van der Waals surface area contributed by atoms with Gasteiger partial charge in [-0.1, -0.05) is 6.92 Å². The van der Waals surface area contributed by atoms with Crippen LogP contribution in [0.4, 0.5) is 5.69 Å². The zero-order chi connectivity index (χ0) is 16.1. The first-order valence-electron chi connectivity index (χ1n) is 7.32. The van der Waals surface area contributed by atoms with Crippen LogP contribution in [0.15, 0.2) is 24.3 Å². The van der Waals surface area contributed by atoms with Crippen molar-refractivity contribution in [1.82, 2.24) is 4.90 Å². The zero-order valence-corrected chi connectivity index (χ0v) is 12.8. The van der Waals surface area contributed by atoms with Gasteiger partial charge in [0.2, 0.25) is 5.91 Å². The Hall–Kier alpha value is -2.21. The van der Waals surface area contributed by atoms with Gasteiger partial charge in [0.1, 0.15) is 12.6 Å². The first kappa shape index (κ1) is 16.2. The molecule has 6 heteroatoms. The van der Waals surface area contributed by atoms with Gasteiger partial charge in [0.25, 0.3) is 0 Å². The van der Waals surface area contributed by atoms with Crippen LogP contribution in [-0.4, -0.2) is 48.3 Å². The molecule has 0 bridgehead atoms. The molecule has 0 aliphatic carbocycles. The molecule has 1 aromatic rings. The molecule has 22 heavy (non-hydrogen) atoms. The molecular formula is C16H20N2O4. The summed E-state index contributed by atoms with van der Waals surface area (Å²) < 4.78 is 5.02. The van der Waals surface area contributed by atoms with Crippen LogP contribution in [0.3, 0.4) is 0 Å². The number of esters is 1. The van der Waals surface area contributed by atoms with E-state index in [0.29, 0.717) is 30.9 Å². The van der Waals surface area contributed by atoms with Gasteiger partial charge in [0.15, 0.2) is 5.78 Å². The molecule has 6 nitrogen and oxygen atoms in total. The van der Waals surface area contributed by atoms with E-state index in [-0.39, 0.29) is 24.1 Å². The summed E-state index contributed by atoms with van der Waals surface area (Å²) in [6.45, 7) is 5.15. The van der Waals surface area contributed by atoms with Crippen LogP contribution >= 0.6 is 0 Å². The highest BCUT2D eigenvalue weighted by atomic mass is 16.5. The van der Waals surface area contributed by atoms with Gasteiger partial charge in [-0.05, 0) is 37.7 Å². The quantitative estimate of drug-likeness (QED) is 0.658. The third-order valence-corrected chi connectivity index (χ3v) is 3.70. The van der Waals surface area contributed by atoms with E-state index in [1.165, 1.54) is 6.92 Å². The van der Waals surface area contributed by atoms with Gasteiger partial charge in [0, 0.05) is 17.8 Å². The number of hydrogen-bond donors (Lipinski definition) is 1. The third-order valence-electron chi connectivity index (χ3n) is 3.70. The number of hydrogen-bond acceptors (Lipinski definition) is 5. The van der Waals surface area contributed by atoms with E-state index in [0.717, 1.165) is 0 Å². The van der Waals surface area contributed by atoms with Crippen LogP contribution in [0.5, 0.6) is 0 Å². The minimum absolute atomic E-state index is 0.0265. The highest BCUT2D eigenvalue weighted by Crippen LogP contribution is 2.14. The lowest BCUT2D eigenvalue weighted by molar-refractivity contribution is -0.158. The van der Waals surface area contributed by atoms with Crippen molar-refractivity contribution in [2.75, 3.05) is 25.0 Å². The van der Waals surface area contributed by atoms with E-state index in [9.17, 15) is 14.4 Å². The van der Waals surface area contributed by atoms with Crippen molar-refractivity contribution in [1.29, 1.82) is 0 Å². The van der Waals surface area contributed by atoms with E-state index >= 15 is 0 Å². The molecule has 1 heterocycles. The summed E-state index contributed by atoms with van der Waals surface area (Å²) in [6.07, 6.45) is 0.0567. The number of likely N-dealkylation sites (N-methyl/N-ethyl adjacent to an activating group) is 1. The molecule has 1 aliphatic rings. The van der Waals surface area contributed by atoms with Crippen molar-refractivity contribution in [3.63, 3.8) is 0 Å². The van der Waals surface area contributed by atoms with Crippen LogP contribution in [0.2, 0.25) is 0 Å². The number of ether oxygens (including phenoxy) is 1. The molecular weight excluding hydrogens is 284 g/mol. The van der Waals surface area contributed by atoms with Crippen molar-refractivity contribution in [2.24, 2.45) is 0 Å². The molecule has 0 radical (unpaired) electrons. The smallest absolute Gasteiger partial charge is 0.323 e. The minimum Gasteiger partial charge on any atom is -0.463 e. The molecule has 1 aliphatic heterocycles. The van der Waals surface area contributed by atoms with Gasteiger partial charge >= 0.3 is 5.97 Å². The maximum Gasteiger partial charge on any atom is 0.323 e. The number of Topliss-reactive ketones (excluding diaryl/α,β-unsaturated/α-hetero) is 1. The van der Waals surface area contributed by atoms with E-state index in [1.807, 2.05) is 11.8 Å². The fourth-order valence-electron chi connectivity index (χ4n) is 2.43. The summed E-state index contributed by atoms with van der Waals surface area (Å²) in [5.74, 6) is -0.630. The van der Waals surface area contributed by atoms with Crippen molar-refractivity contribution in [2.45, 2.75) is 26.3 Å². The first-order chi connectivity index (χ1) is 10.5. The van der Waals surface area contributed by atoms with Gasteiger partial charge in [-0.3, -0.25) is 19.3 Å². The lowest BCUT2D eigenvalue weighted by Crippen LogP contribution is -2.50. The van der Waals surface area contributed by atoms with Crippen LogP contribution < -0.4 is 5.32 Å². The number of ketones is 1. The van der Waals surface area contributed by atoms with E-state index < -0.39 is 6.04 Å². The molecule has 2 rings (SSSR count). The number of cyclic esters (lactones) is 1. The molecule has 1 fully saturated rings. The van der Waals surface area contributed by atoms with Crippen molar-refractivity contribution in [3.05, 3.63) is 29.8 Å². The van der Waals surface area contributed by atoms with Gasteiger partial charge in [-0.2, -0.15) is 0 Å². The number of amides is 1. The summed E-state index contributed by atoms with van der Waals surface area (Å²) in [5, 5.41) is 2.74. The molecule has 0 aromatic heterocycles. The highest BCUT2D eigenvalue weighted by Gasteiger charge is 2.32. The standard InChI is InChI=1S/C16H20N2O4/c1-3-18-8-9-22-16(21)14(18)10-15(20)17-13-6-4-12(5-7-13)11(2)19/h4-7,14H,3,8-10H2,1-2H3,(H,17,20). The lowest BCUT2D eigenvalue weighted by Gasteiger charge is -2.32. The predicted molar refractivity (Wildman–Crippen MR) is 81.7 cm³/mol. The number of morpholine rings is 1. The van der Waals surface area contributed by atoms with Gasteiger partial charge in [0.05, 0.1) is 6.42 Å². The molecule has 1 N–H and O–H groups in total. The largest absolute Gasteiger partial charge is 0.463 e. The second-order valence-corrected chi connectivity index (χ2v) is 5.20. The average molecular weight is 304 g/mol. The number of nitrogens with one attached hydrogen (secondary N) is 1. The van der Waals surface area contributed by atoms with Gasteiger partial charge < -0.3 is 10.1 Å². The Morgan fingerprint density at radius 3 is 2.59 bits per heavy atom. The second-order valence-electron chi connectivity index (χ2n) is 5.20.